The highest BCUT2D eigenvalue weighted by Crippen LogP contribution is 2.16. The fourth-order valence-electron chi connectivity index (χ4n) is 1.76. The Hall–Kier alpha value is -2.48. The Morgan fingerprint density at radius 3 is 3.00 bits per heavy atom. The van der Waals surface area contributed by atoms with Gasteiger partial charge in [0.2, 0.25) is 5.91 Å². The first-order chi connectivity index (χ1) is 10.1. The average molecular weight is 293 g/mol. The van der Waals surface area contributed by atoms with Crippen LogP contribution in [0, 0.1) is 5.82 Å². The minimum Gasteiger partial charge on any atom is -0.396 e. The number of nitrogens with zero attached hydrogens (tertiary/aromatic N) is 3. The maximum Gasteiger partial charge on any atom is 0.248 e. The van der Waals surface area contributed by atoms with Crippen molar-refractivity contribution in [3.05, 3.63) is 41.5 Å². The fourth-order valence-corrected chi connectivity index (χ4v) is 1.76. The molecule has 0 atom stereocenters. The number of rotatable bonds is 7. The summed E-state index contributed by atoms with van der Waals surface area (Å²) in [6, 6.07) is 3.86. The molecule has 2 aromatic rings. The summed E-state index contributed by atoms with van der Waals surface area (Å²) in [5.74, 6) is -1.10. The predicted molar refractivity (Wildman–Crippen MR) is 74.0 cm³/mol. The maximum absolute atomic E-state index is 13.6. The summed E-state index contributed by atoms with van der Waals surface area (Å²) >= 11 is 0. The second-order valence-electron chi connectivity index (χ2n) is 4.46. The van der Waals surface area contributed by atoms with Crippen LogP contribution in [0.2, 0.25) is 0 Å². The minimum atomic E-state index is -0.618. The maximum atomic E-state index is 13.6. The Bertz CT molecular complexity index is 629. The molecule has 0 fully saturated rings. The molecule has 21 heavy (non-hydrogen) atoms. The molecule has 1 aromatic heterocycles. The van der Waals surface area contributed by atoms with Gasteiger partial charge in [-0.2, -0.15) is 0 Å². The van der Waals surface area contributed by atoms with Crippen molar-refractivity contribution in [2.24, 2.45) is 5.73 Å². The molecule has 0 bridgehead atoms. The molecule has 0 aliphatic carbocycles. The minimum absolute atomic E-state index is 0.0819. The van der Waals surface area contributed by atoms with Crippen molar-refractivity contribution < 1.29 is 14.3 Å². The Balaban J connectivity index is 2.00. The van der Waals surface area contributed by atoms with Gasteiger partial charge >= 0.3 is 0 Å². The van der Waals surface area contributed by atoms with Crippen LogP contribution in [-0.2, 0) is 13.1 Å². The fraction of sp³-hybridized carbons (Fsp3) is 0.308. The summed E-state index contributed by atoms with van der Waals surface area (Å²) in [7, 11) is 0. The quantitative estimate of drug-likeness (QED) is 0.689. The molecule has 2 rings (SSSR count). The Kier molecular flexibility index (Phi) is 4.83. The van der Waals surface area contributed by atoms with Crippen LogP contribution in [0.25, 0.3) is 0 Å². The number of primary amides is 1. The zero-order chi connectivity index (χ0) is 15.2. The van der Waals surface area contributed by atoms with E-state index in [9.17, 15) is 9.18 Å². The van der Waals surface area contributed by atoms with Gasteiger partial charge in [0.05, 0.1) is 18.4 Å². The first kappa shape index (κ1) is 14.9. The molecule has 8 heteroatoms. The first-order valence-electron chi connectivity index (χ1n) is 6.43. The van der Waals surface area contributed by atoms with E-state index in [4.69, 9.17) is 10.8 Å². The van der Waals surface area contributed by atoms with E-state index in [0.29, 0.717) is 18.7 Å². The number of hydrogen-bond donors (Lipinski definition) is 3. The first-order valence-corrected chi connectivity index (χ1v) is 6.43. The second kappa shape index (κ2) is 6.80. The van der Waals surface area contributed by atoms with Gasteiger partial charge in [-0.05, 0) is 24.6 Å². The van der Waals surface area contributed by atoms with Gasteiger partial charge in [0.15, 0.2) is 0 Å². The van der Waals surface area contributed by atoms with Gasteiger partial charge in [0.1, 0.15) is 11.5 Å². The molecule has 0 unspecified atom stereocenters. The van der Waals surface area contributed by atoms with Gasteiger partial charge < -0.3 is 16.2 Å². The van der Waals surface area contributed by atoms with Crippen molar-refractivity contribution in [2.75, 3.05) is 11.9 Å². The SMILES string of the molecule is NC(=O)c1ccc(F)c(NCc2cn(CCCO)nn2)c1. The monoisotopic (exact) mass is 293 g/mol. The third kappa shape index (κ3) is 3.99. The molecule has 0 aliphatic heterocycles. The Morgan fingerprint density at radius 2 is 2.29 bits per heavy atom. The van der Waals surface area contributed by atoms with Crippen LogP contribution in [0.15, 0.2) is 24.4 Å². The van der Waals surface area contributed by atoms with Gasteiger partial charge in [-0.15, -0.1) is 5.10 Å². The molecular formula is C13H16FN5O2. The molecule has 7 nitrogen and oxygen atoms in total. The lowest BCUT2D eigenvalue weighted by Gasteiger charge is -2.06. The van der Waals surface area contributed by atoms with Crippen LogP contribution in [-0.4, -0.2) is 32.6 Å². The highest BCUT2D eigenvalue weighted by molar-refractivity contribution is 5.93. The molecule has 0 spiro atoms. The normalized spacial score (nSPS) is 10.6. The van der Waals surface area contributed by atoms with Crippen molar-refractivity contribution in [1.82, 2.24) is 15.0 Å². The van der Waals surface area contributed by atoms with Crippen LogP contribution in [0.4, 0.5) is 10.1 Å². The molecule has 112 valence electrons. The number of anilines is 1. The highest BCUT2D eigenvalue weighted by Gasteiger charge is 2.08. The third-order valence-corrected chi connectivity index (χ3v) is 2.84. The number of benzene rings is 1. The number of nitrogens with one attached hydrogen (secondary N) is 1. The standard InChI is InChI=1S/C13H16FN5O2/c14-11-3-2-9(13(15)21)6-12(11)16-7-10-8-19(18-17-10)4-1-5-20/h2-3,6,8,16,20H,1,4-5,7H2,(H2,15,21). The molecule has 0 aliphatic rings. The van der Waals surface area contributed by atoms with Crippen LogP contribution < -0.4 is 11.1 Å². The molecule has 0 saturated heterocycles. The zero-order valence-corrected chi connectivity index (χ0v) is 11.3. The molecule has 0 saturated carbocycles. The van der Waals surface area contributed by atoms with E-state index < -0.39 is 11.7 Å². The number of aryl methyl sites for hydroxylation is 1. The number of carbonyl (C=O) groups is 1. The molecule has 1 heterocycles. The van der Waals surface area contributed by atoms with E-state index in [1.165, 1.54) is 18.2 Å². The molecular weight excluding hydrogens is 277 g/mol. The number of aliphatic hydroxyl groups is 1. The highest BCUT2D eigenvalue weighted by atomic mass is 19.1. The number of halogens is 1. The van der Waals surface area contributed by atoms with E-state index >= 15 is 0 Å². The predicted octanol–water partition coefficient (Wildman–Crippen LogP) is 0.511. The van der Waals surface area contributed by atoms with Crippen LogP contribution >= 0.6 is 0 Å². The lowest BCUT2D eigenvalue weighted by atomic mass is 10.2. The summed E-state index contributed by atoms with van der Waals surface area (Å²) in [4.78, 5) is 11.1. The number of nitrogens with two attached hydrogens (primary N) is 1. The lowest BCUT2D eigenvalue weighted by molar-refractivity contribution is 0.100. The van der Waals surface area contributed by atoms with Crippen molar-refractivity contribution in [3.63, 3.8) is 0 Å². The van der Waals surface area contributed by atoms with Gasteiger partial charge in [0, 0.05) is 18.7 Å². The second-order valence-corrected chi connectivity index (χ2v) is 4.46. The van der Waals surface area contributed by atoms with E-state index in [0.717, 1.165) is 0 Å². The number of carbonyl (C=O) groups excluding carboxylic acids is 1. The number of hydrogen-bond acceptors (Lipinski definition) is 5. The van der Waals surface area contributed by atoms with Crippen LogP contribution in [0.5, 0.6) is 0 Å². The Labute approximate surface area is 120 Å². The Morgan fingerprint density at radius 1 is 1.48 bits per heavy atom. The van der Waals surface area contributed by atoms with Crippen molar-refractivity contribution in [2.45, 2.75) is 19.5 Å². The topological polar surface area (TPSA) is 106 Å². The summed E-state index contributed by atoms with van der Waals surface area (Å²) in [5, 5.41) is 19.4. The van der Waals surface area contributed by atoms with Crippen molar-refractivity contribution >= 4 is 11.6 Å². The molecule has 1 amide bonds. The summed E-state index contributed by atoms with van der Waals surface area (Å²) in [6.07, 6.45) is 2.30. The van der Waals surface area contributed by atoms with E-state index in [1.807, 2.05) is 0 Å². The van der Waals surface area contributed by atoms with E-state index in [-0.39, 0.29) is 24.4 Å². The summed E-state index contributed by atoms with van der Waals surface area (Å²) < 4.78 is 15.2. The van der Waals surface area contributed by atoms with Crippen LogP contribution in [0.3, 0.4) is 0 Å². The molecule has 1 aromatic carbocycles. The van der Waals surface area contributed by atoms with Gasteiger partial charge in [0.25, 0.3) is 0 Å². The van der Waals surface area contributed by atoms with E-state index in [1.54, 1.807) is 10.9 Å². The number of amides is 1. The van der Waals surface area contributed by atoms with Crippen molar-refractivity contribution in [1.29, 1.82) is 0 Å². The average Bonchev–Trinajstić information content (AvgIpc) is 2.92. The number of aliphatic hydroxyl groups excluding tert-OH is 1. The largest absolute Gasteiger partial charge is 0.396 e. The smallest absolute Gasteiger partial charge is 0.248 e. The lowest BCUT2D eigenvalue weighted by Crippen LogP contribution is -2.12. The van der Waals surface area contributed by atoms with E-state index in [2.05, 4.69) is 15.6 Å². The third-order valence-electron chi connectivity index (χ3n) is 2.84. The molecule has 4 N–H and O–H groups in total. The van der Waals surface area contributed by atoms with Gasteiger partial charge in [-0.25, -0.2) is 4.39 Å². The summed E-state index contributed by atoms with van der Waals surface area (Å²) in [5.41, 5.74) is 6.18. The molecule has 0 radical (unpaired) electrons. The zero-order valence-electron chi connectivity index (χ0n) is 11.3. The van der Waals surface area contributed by atoms with Crippen molar-refractivity contribution in [3.8, 4) is 0 Å². The van der Waals surface area contributed by atoms with Gasteiger partial charge in [-0.1, -0.05) is 5.21 Å². The summed E-state index contributed by atoms with van der Waals surface area (Å²) in [6.45, 7) is 0.909. The number of aromatic nitrogens is 3. The van der Waals surface area contributed by atoms with Gasteiger partial charge in [-0.3, -0.25) is 9.48 Å². The van der Waals surface area contributed by atoms with Crippen LogP contribution in [0.1, 0.15) is 22.5 Å².